The molecule has 0 aromatic heterocycles. The Bertz CT molecular complexity index is 777. The summed E-state index contributed by atoms with van der Waals surface area (Å²) in [5.41, 5.74) is 3.18. The molecule has 0 bridgehead atoms. The molecule has 5 heteroatoms. The molecule has 1 fully saturated rings. The van der Waals surface area contributed by atoms with Gasteiger partial charge in [-0.25, -0.2) is 0 Å². The summed E-state index contributed by atoms with van der Waals surface area (Å²) in [6.45, 7) is 5.27. The largest absolute Gasteiger partial charge is 0.466 e. The van der Waals surface area contributed by atoms with Gasteiger partial charge in [-0.1, -0.05) is 65.8 Å². The molecule has 0 spiro atoms. The van der Waals surface area contributed by atoms with Crippen molar-refractivity contribution in [2.75, 3.05) is 32.8 Å². The number of hydrogen-bond donors (Lipinski definition) is 0. The number of ether oxygens (including phenoxy) is 1. The van der Waals surface area contributed by atoms with E-state index in [1.54, 1.807) is 0 Å². The van der Waals surface area contributed by atoms with Crippen LogP contribution in [0.5, 0.6) is 0 Å². The molecule has 0 amide bonds. The van der Waals surface area contributed by atoms with Crippen LogP contribution in [0.4, 0.5) is 0 Å². The topological polar surface area (TPSA) is 51.1 Å². The zero-order valence-corrected chi connectivity index (χ0v) is 17.1. The SMILES string of the molecule is CCOC(=O)[C@@H]1CCCN(CCO/N=C(/Cc2ccccc2)c2ccccc2)C1. The predicted octanol–water partition coefficient (Wildman–Crippen LogP) is 3.93. The second-order valence-electron chi connectivity index (χ2n) is 7.29. The van der Waals surface area contributed by atoms with Crippen molar-refractivity contribution in [1.82, 2.24) is 4.90 Å². The van der Waals surface area contributed by atoms with Gasteiger partial charge in [0.25, 0.3) is 0 Å². The van der Waals surface area contributed by atoms with E-state index in [0.29, 0.717) is 13.2 Å². The maximum atomic E-state index is 12.0. The van der Waals surface area contributed by atoms with Crippen molar-refractivity contribution in [2.45, 2.75) is 26.2 Å². The van der Waals surface area contributed by atoms with E-state index < -0.39 is 0 Å². The summed E-state index contributed by atoms with van der Waals surface area (Å²) in [4.78, 5) is 20.0. The van der Waals surface area contributed by atoms with Gasteiger partial charge in [-0.3, -0.25) is 9.69 Å². The monoisotopic (exact) mass is 394 g/mol. The Balaban J connectivity index is 1.55. The lowest BCUT2D eigenvalue weighted by atomic mass is 9.98. The molecule has 1 heterocycles. The van der Waals surface area contributed by atoms with E-state index in [9.17, 15) is 4.79 Å². The Morgan fingerprint density at radius 2 is 1.83 bits per heavy atom. The van der Waals surface area contributed by atoms with Crippen LogP contribution in [-0.4, -0.2) is 49.4 Å². The molecule has 0 unspecified atom stereocenters. The quantitative estimate of drug-likeness (QED) is 0.280. The lowest BCUT2D eigenvalue weighted by molar-refractivity contribution is -0.150. The number of oxime groups is 1. The Kier molecular flexibility index (Phi) is 8.25. The van der Waals surface area contributed by atoms with E-state index in [0.717, 1.165) is 50.2 Å². The average molecular weight is 395 g/mol. The molecule has 0 aliphatic carbocycles. The molecule has 2 aromatic carbocycles. The highest BCUT2D eigenvalue weighted by atomic mass is 16.6. The lowest BCUT2D eigenvalue weighted by Crippen LogP contribution is -2.40. The van der Waals surface area contributed by atoms with Gasteiger partial charge in [-0.05, 0) is 37.4 Å². The van der Waals surface area contributed by atoms with Crippen molar-refractivity contribution in [1.29, 1.82) is 0 Å². The molecule has 1 aliphatic heterocycles. The van der Waals surface area contributed by atoms with Crippen molar-refractivity contribution in [3.8, 4) is 0 Å². The molecular weight excluding hydrogens is 364 g/mol. The molecule has 0 radical (unpaired) electrons. The van der Waals surface area contributed by atoms with E-state index >= 15 is 0 Å². The number of likely N-dealkylation sites (tertiary alicyclic amines) is 1. The zero-order chi connectivity index (χ0) is 20.3. The molecule has 5 nitrogen and oxygen atoms in total. The van der Waals surface area contributed by atoms with Crippen molar-refractivity contribution in [3.63, 3.8) is 0 Å². The van der Waals surface area contributed by atoms with Crippen LogP contribution in [0.15, 0.2) is 65.8 Å². The van der Waals surface area contributed by atoms with Crippen LogP contribution in [0.25, 0.3) is 0 Å². The standard InChI is InChI=1S/C24H30N2O3/c1-2-28-24(27)22-14-9-15-26(19-22)16-17-29-25-23(21-12-7-4-8-13-21)18-20-10-5-3-6-11-20/h3-8,10-13,22H,2,9,14-19H2,1H3/b25-23-/t22-/m1/s1. The number of benzene rings is 2. The third-order valence-corrected chi connectivity index (χ3v) is 5.12. The Hall–Kier alpha value is -2.66. The summed E-state index contributed by atoms with van der Waals surface area (Å²) in [6.07, 6.45) is 2.64. The second kappa shape index (κ2) is 11.4. The molecule has 2 aromatic rings. The first-order chi connectivity index (χ1) is 14.3. The van der Waals surface area contributed by atoms with E-state index in [-0.39, 0.29) is 11.9 Å². The van der Waals surface area contributed by atoms with Crippen LogP contribution in [0.2, 0.25) is 0 Å². The molecule has 1 aliphatic rings. The molecule has 0 saturated carbocycles. The van der Waals surface area contributed by atoms with Crippen LogP contribution in [0.3, 0.4) is 0 Å². The summed E-state index contributed by atoms with van der Waals surface area (Å²) >= 11 is 0. The predicted molar refractivity (Wildman–Crippen MR) is 115 cm³/mol. The van der Waals surface area contributed by atoms with E-state index in [2.05, 4.69) is 34.3 Å². The second-order valence-corrected chi connectivity index (χ2v) is 7.29. The Labute approximate surface area is 173 Å². The fraction of sp³-hybridized carbons (Fsp3) is 0.417. The smallest absolute Gasteiger partial charge is 0.310 e. The third-order valence-electron chi connectivity index (χ3n) is 5.12. The van der Waals surface area contributed by atoms with Crippen LogP contribution in [0, 0.1) is 5.92 Å². The minimum absolute atomic E-state index is 0.0230. The van der Waals surface area contributed by atoms with Gasteiger partial charge in [0.2, 0.25) is 0 Å². The first-order valence-electron chi connectivity index (χ1n) is 10.4. The molecular formula is C24H30N2O3. The number of rotatable bonds is 9. The molecule has 1 atom stereocenters. The highest BCUT2D eigenvalue weighted by Gasteiger charge is 2.26. The Morgan fingerprint density at radius 1 is 1.10 bits per heavy atom. The van der Waals surface area contributed by atoms with Gasteiger partial charge >= 0.3 is 5.97 Å². The maximum Gasteiger partial charge on any atom is 0.310 e. The van der Waals surface area contributed by atoms with Gasteiger partial charge in [0.1, 0.15) is 6.61 Å². The lowest BCUT2D eigenvalue weighted by Gasteiger charge is -2.30. The van der Waals surface area contributed by atoms with E-state index in [1.807, 2.05) is 43.3 Å². The summed E-state index contributed by atoms with van der Waals surface area (Å²) in [7, 11) is 0. The first kappa shape index (κ1) is 21.1. The fourth-order valence-electron chi connectivity index (χ4n) is 3.61. The third kappa shape index (κ3) is 6.71. The van der Waals surface area contributed by atoms with Crippen molar-refractivity contribution >= 4 is 11.7 Å². The summed E-state index contributed by atoms with van der Waals surface area (Å²) in [5.74, 6) is -0.101. The minimum Gasteiger partial charge on any atom is -0.466 e. The first-order valence-corrected chi connectivity index (χ1v) is 10.4. The van der Waals surface area contributed by atoms with Gasteiger partial charge < -0.3 is 9.57 Å². The van der Waals surface area contributed by atoms with Crippen molar-refractivity contribution < 1.29 is 14.4 Å². The molecule has 29 heavy (non-hydrogen) atoms. The Morgan fingerprint density at radius 3 is 2.55 bits per heavy atom. The highest BCUT2D eigenvalue weighted by Crippen LogP contribution is 2.17. The molecule has 154 valence electrons. The molecule has 0 N–H and O–H groups in total. The van der Waals surface area contributed by atoms with Gasteiger partial charge in [-0.2, -0.15) is 0 Å². The number of piperidine rings is 1. The van der Waals surface area contributed by atoms with Crippen molar-refractivity contribution in [3.05, 3.63) is 71.8 Å². The van der Waals surface area contributed by atoms with Crippen LogP contribution < -0.4 is 0 Å². The van der Waals surface area contributed by atoms with Gasteiger partial charge in [0.15, 0.2) is 0 Å². The van der Waals surface area contributed by atoms with Crippen molar-refractivity contribution in [2.24, 2.45) is 11.1 Å². The molecule has 3 rings (SSSR count). The molecule has 1 saturated heterocycles. The number of hydrogen-bond acceptors (Lipinski definition) is 5. The number of nitrogens with zero attached hydrogens (tertiary/aromatic N) is 2. The van der Waals surface area contributed by atoms with Gasteiger partial charge in [0.05, 0.1) is 18.2 Å². The zero-order valence-electron chi connectivity index (χ0n) is 17.1. The minimum atomic E-state index is -0.0784. The number of esters is 1. The van der Waals surface area contributed by atoms with E-state index in [4.69, 9.17) is 9.57 Å². The maximum absolute atomic E-state index is 12.0. The van der Waals surface area contributed by atoms with Gasteiger partial charge in [-0.15, -0.1) is 0 Å². The fourth-order valence-corrected chi connectivity index (χ4v) is 3.61. The van der Waals surface area contributed by atoms with Crippen LogP contribution in [-0.2, 0) is 20.8 Å². The normalized spacial score (nSPS) is 17.7. The van der Waals surface area contributed by atoms with E-state index in [1.165, 1.54) is 5.56 Å². The van der Waals surface area contributed by atoms with Crippen LogP contribution >= 0.6 is 0 Å². The summed E-state index contributed by atoms with van der Waals surface area (Å²) in [5, 5.41) is 4.46. The number of carbonyl (C=O) groups is 1. The summed E-state index contributed by atoms with van der Waals surface area (Å²) in [6, 6.07) is 20.4. The van der Waals surface area contributed by atoms with Crippen LogP contribution in [0.1, 0.15) is 30.9 Å². The average Bonchev–Trinajstić information content (AvgIpc) is 2.77. The number of carbonyl (C=O) groups excluding carboxylic acids is 1. The van der Waals surface area contributed by atoms with Gasteiger partial charge in [0, 0.05) is 19.5 Å². The summed E-state index contributed by atoms with van der Waals surface area (Å²) < 4.78 is 5.17. The highest BCUT2D eigenvalue weighted by molar-refractivity contribution is 6.01.